The lowest BCUT2D eigenvalue weighted by atomic mass is 9.89. The van der Waals surface area contributed by atoms with Crippen LogP contribution in [0.2, 0.25) is 0 Å². The second-order valence-corrected chi connectivity index (χ2v) is 27.8. The van der Waals surface area contributed by atoms with Crippen LogP contribution in [0.25, 0.3) is 22.3 Å². The summed E-state index contributed by atoms with van der Waals surface area (Å²) in [5, 5.41) is 10.4. The van der Waals surface area contributed by atoms with Crippen LogP contribution in [0.5, 0.6) is 0 Å². The van der Waals surface area contributed by atoms with Gasteiger partial charge in [0.2, 0.25) is 17.8 Å². The van der Waals surface area contributed by atoms with Crippen molar-refractivity contribution in [2.24, 2.45) is 17.6 Å². The maximum absolute atomic E-state index is 16.3. The number of nitrogens with one attached hydrogen (secondary N) is 5. The second kappa shape index (κ2) is 28.4. The van der Waals surface area contributed by atoms with Gasteiger partial charge < -0.3 is 74.8 Å². The lowest BCUT2D eigenvalue weighted by molar-refractivity contribution is -0.183. The zero-order chi connectivity index (χ0) is 66.7. The summed E-state index contributed by atoms with van der Waals surface area (Å²) >= 11 is 10.8. The van der Waals surface area contributed by atoms with E-state index in [4.69, 9.17) is 76.9 Å². The van der Waals surface area contributed by atoms with Gasteiger partial charge in [0.15, 0.2) is 52.6 Å². The number of hydrogen-bond donors (Lipinski definition) is 9. The van der Waals surface area contributed by atoms with Crippen LogP contribution in [0, 0.1) is 11.8 Å². The third-order valence-corrected chi connectivity index (χ3v) is 18.5. The average Bonchev–Trinajstić information content (AvgIpc) is 1.57. The molecule has 5 aromatic rings. The van der Waals surface area contributed by atoms with Gasteiger partial charge in [0.1, 0.15) is 49.6 Å². The molecular weight excluding hydrogens is 1310 g/mol. The van der Waals surface area contributed by atoms with Gasteiger partial charge in [-0.1, -0.05) is 26.0 Å². The first-order valence-electron chi connectivity index (χ1n) is 28.6. The Bertz CT molecular complexity index is 3900. The standard InChI is InChI=1S/C52H63FN16O20P2S2/c1-25(2)35(62-31(71)12-14-67-32(72)10-11-33(67)73)29(70)17-27(5-4-13-56-49(55)76)44(74)61-28-8-6-26(7-9-28)18-82-51(78)66(3)15-16-81-50(77)63-41-36-42(58-22-57-41)68(23-59-36)47-39-40-52(87-47,20-83-39)21-85-91(80,93)88-38-34(53)30(19-84-90(79,92)89-40)86-46(38)69-24-60-37-43(69)64-48(54)65-45(37)75/h6-11,22-25,27,30,34-35,38-40,46-47H,4-5,12-21H2,1-3H3,(H,61,74)(H,62,71)(H,79,92)(H,80,93)(H3,55,56,76)(H3,54,64,65,75)(H,57,58,63,77)/t27-,30-,34-,35+,38-,39-,40+,46-,47-,52-,90?,91?/m1/s1. The highest BCUT2D eigenvalue weighted by Crippen LogP contribution is 2.59. The van der Waals surface area contributed by atoms with Crippen molar-refractivity contribution in [1.29, 1.82) is 0 Å². The number of fused-ring (bicyclic) bond motifs is 4. The molecule has 4 bridgehead atoms. The van der Waals surface area contributed by atoms with E-state index in [9.17, 15) is 52.9 Å². The quantitative estimate of drug-likeness (QED) is 0.0264. The number of H-pyrrole nitrogens is 1. The van der Waals surface area contributed by atoms with Crippen molar-refractivity contribution in [2.45, 2.75) is 101 Å². The molecule has 500 valence electrons. The van der Waals surface area contributed by atoms with E-state index < -0.39 is 146 Å². The molecule has 11 N–H and O–H groups in total. The number of nitrogens with two attached hydrogens (primary N) is 2. The molecule has 0 aliphatic carbocycles. The third-order valence-electron chi connectivity index (χ3n) is 15.4. The zero-order valence-electron chi connectivity index (χ0n) is 49.5. The Balaban J connectivity index is 0.703. The molecule has 1 aromatic carbocycles. The Morgan fingerprint density at radius 1 is 0.914 bits per heavy atom. The fourth-order valence-electron chi connectivity index (χ4n) is 10.7. The number of imide groups is 1. The number of imidazole rings is 2. The molecule has 4 saturated heterocycles. The van der Waals surface area contributed by atoms with Gasteiger partial charge in [-0.3, -0.25) is 62.1 Å². The molecular formula is C52H63FN16O20P2S2. The highest BCUT2D eigenvalue weighted by Gasteiger charge is 2.65. The summed E-state index contributed by atoms with van der Waals surface area (Å²) in [5.74, 6) is -4.32. The van der Waals surface area contributed by atoms with E-state index in [1.54, 1.807) is 38.1 Å². The Morgan fingerprint density at radius 2 is 1.62 bits per heavy atom. The van der Waals surface area contributed by atoms with Gasteiger partial charge in [-0.15, -0.1) is 0 Å². The second-order valence-electron chi connectivity index (χ2n) is 22.2. The van der Waals surface area contributed by atoms with Gasteiger partial charge in [-0.05, 0) is 60.1 Å². The van der Waals surface area contributed by atoms with E-state index in [0.29, 0.717) is 11.3 Å². The lowest BCUT2D eigenvalue weighted by Gasteiger charge is -2.33. The number of carbonyl (C=O) groups excluding carboxylic acids is 8. The van der Waals surface area contributed by atoms with Crippen LogP contribution in [-0.2, 0) is 96.0 Å². The largest absolute Gasteiger partial charge is 0.447 e. The van der Waals surface area contributed by atoms with Gasteiger partial charge in [-0.25, -0.2) is 38.7 Å². The number of primary amides is 1. The first kappa shape index (κ1) is 68.0. The van der Waals surface area contributed by atoms with Gasteiger partial charge >= 0.3 is 31.7 Å². The molecule has 10 rings (SSSR count). The summed E-state index contributed by atoms with van der Waals surface area (Å²) in [4.78, 5) is 162. The average molecular weight is 1380 g/mol. The molecule has 0 spiro atoms. The number of ketones is 1. The predicted octanol–water partition coefficient (Wildman–Crippen LogP) is 0.930. The predicted molar refractivity (Wildman–Crippen MR) is 324 cm³/mol. The van der Waals surface area contributed by atoms with E-state index >= 15 is 4.39 Å². The van der Waals surface area contributed by atoms with E-state index in [-0.39, 0.29) is 99.2 Å². The topological polar surface area (TPSA) is 474 Å². The summed E-state index contributed by atoms with van der Waals surface area (Å²) in [7, 11) is 1.41. The molecule has 12 atom stereocenters. The number of halogens is 1. The summed E-state index contributed by atoms with van der Waals surface area (Å²) in [6.45, 7) is -7.70. The number of alkyl halides is 1. The SMILES string of the molecule is CC(C)[C@H](NC(=O)CCN1C(=O)C=CC1=O)C(=O)C[C@@H](CCCNC(N)=O)C(=O)Nc1ccc(COC(=O)N(C)CCOC(=O)Nc2ncnc3c2ncn3[C@@H]2O[C@@]34CO[C@@H]2[C@@H]3OP(O)(=S)OC[C@H]2O[C@@H](n3cnc5c(=O)[nH]c(N)nc53)[C@H](OP(O)(=S)OC4)[C@@H]2F)cc1. The number of aromatic nitrogens is 8. The maximum atomic E-state index is 16.3. The van der Waals surface area contributed by atoms with Crippen LogP contribution in [0.3, 0.4) is 0 Å². The minimum atomic E-state index is -4.47. The number of aromatic amines is 1. The normalized spacial score (nSPS) is 26.6. The number of Topliss-reactive ketones (excluding diaryl/α,β-unsaturated/α-hetero) is 1. The highest BCUT2D eigenvalue weighted by atomic mass is 32.5. The number of anilines is 3. The summed E-state index contributed by atoms with van der Waals surface area (Å²) in [5.41, 5.74) is 9.29. The maximum Gasteiger partial charge on any atom is 0.412 e. The first-order chi connectivity index (χ1) is 44.2. The number of urea groups is 1. The zero-order valence-corrected chi connectivity index (χ0v) is 52.9. The fraction of sp³-hybridized carbons (Fsp3) is 0.500. The smallest absolute Gasteiger partial charge is 0.412 e. The van der Waals surface area contributed by atoms with Crippen LogP contribution in [0.15, 0.2) is 60.2 Å². The monoisotopic (exact) mass is 1380 g/mol. The van der Waals surface area contributed by atoms with Crippen LogP contribution in [-0.4, -0.2) is 202 Å². The molecule has 9 heterocycles. The van der Waals surface area contributed by atoms with Gasteiger partial charge in [0.25, 0.3) is 17.4 Å². The summed E-state index contributed by atoms with van der Waals surface area (Å²) in [6.07, 6.45) is -6.60. The Hall–Kier alpha value is -7.91. The molecule has 4 aromatic heterocycles. The van der Waals surface area contributed by atoms with Crippen molar-refractivity contribution in [1.82, 2.24) is 59.5 Å². The fourth-order valence-corrected chi connectivity index (χ4v) is 13.6. The summed E-state index contributed by atoms with van der Waals surface area (Å²) in [6, 6.07) is 4.54. The van der Waals surface area contributed by atoms with Crippen molar-refractivity contribution < 1.29 is 94.3 Å². The molecule has 0 radical (unpaired) electrons. The number of ether oxygens (including phenoxy) is 5. The molecule has 41 heteroatoms. The number of amides is 8. The molecule has 4 fully saturated rings. The van der Waals surface area contributed by atoms with Gasteiger partial charge in [-0.2, -0.15) is 4.98 Å². The minimum Gasteiger partial charge on any atom is -0.447 e. The van der Waals surface area contributed by atoms with E-state index in [2.05, 4.69) is 51.2 Å². The van der Waals surface area contributed by atoms with Gasteiger partial charge in [0.05, 0.1) is 45.1 Å². The number of benzene rings is 1. The molecule has 0 saturated carbocycles. The lowest BCUT2D eigenvalue weighted by Crippen LogP contribution is -2.46. The van der Waals surface area contributed by atoms with Crippen molar-refractivity contribution in [3.05, 3.63) is 71.3 Å². The Kier molecular flexibility index (Phi) is 20.7. The number of hydrogen-bond acceptors (Lipinski definition) is 26. The molecule has 93 heavy (non-hydrogen) atoms. The summed E-state index contributed by atoms with van der Waals surface area (Å²) < 4.78 is 71.6. The van der Waals surface area contributed by atoms with Crippen molar-refractivity contribution >= 4 is 124 Å². The van der Waals surface area contributed by atoms with Crippen molar-refractivity contribution in [2.75, 3.05) is 69.5 Å². The molecule has 8 amide bonds. The minimum absolute atomic E-state index is 0.0444. The molecule has 2 unspecified atom stereocenters. The number of nitrogens with zero attached hydrogens (tertiary/aromatic N) is 9. The van der Waals surface area contributed by atoms with E-state index in [1.807, 2.05) is 0 Å². The Labute approximate surface area is 535 Å². The van der Waals surface area contributed by atoms with Crippen molar-refractivity contribution in [3.8, 4) is 0 Å². The number of rotatable bonds is 22. The molecule has 5 aliphatic heterocycles. The van der Waals surface area contributed by atoms with Crippen LogP contribution >= 0.6 is 13.4 Å². The van der Waals surface area contributed by atoms with Crippen molar-refractivity contribution in [3.63, 3.8) is 0 Å². The molecule has 36 nitrogen and oxygen atoms in total. The number of nitrogen functional groups attached to an aromatic ring is 1. The highest BCUT2D eigenvalue weighted by molar-refractivity contribution is 8.07. The third kappa shape index (κ3) is 15.7. The van der Waals surface area contributed by atoms with E-state index in [0.717, 1.165) is 39.2 Å². The molecule has 5 aliphatic rings. The Morgan fingerprint density at radius 3 is 2.34 bits per heavy atom. The van der Waals surface area contributed by atoms with Crippen LogP contribution in [0.4, 0.5) is 36.2 Å². The first-order valence-corrected chi connectivity index (χ1v) is 33.8. The van der Waals surface area contributed by atoms with Crippen LogP contribution in [0.1, 0.15) is 57.6 Å². The number of likely N-dealkylation sites (N-methyl/N-ethyl adjacent to an activating group) is 1. The number of carbonyl (C=O) groups is 8. The van der Waals surface area contributed by atoms with Crippen LogP contribution < -0.4 is 38.3 Å². The van der Waals surface area contributed by atoms with E-state index in [1.165, 1.54) is 17.9 Å². The van der Waals surface area contributed by atoms with Gasteiger partial charge in [0, 0.05) is 56.7 Å².